The van der Waals surface area contributed by atoms with Gasteiger partial charge in [-0.2, -0.15) is 0 Å². The molecule has 1 amide bonds. The van der Waals surface area contributed by atoms with E-state index in [4.69, 9.17) is 0 Å². The molecule has 1 aromatic rings. The number of carbonyl (C=O) groups excluding carboxylic acids is 1. The van der Waals surface area contributed by atoms with Gasteiger partial charge in [-0.25, -0.2) is 8.42 Å². The van der Waals surface area contributed by atoms with Crippen LogP contribution in [0.2, 0.25) is 0 Å². The molecule has 7 nitrogen and oxygen atoms in total. The van der Waals surface area contributed by atoms with E-state index >= 15 is 0 Å². The smallest absolute Gasteiger partial charge is 0.282 e. The number of para-hydroxylation sites is 1. The monoisotopic (exact) mass is 284 g/mol. The number of amides is 1. The average Bonchev–Trinajstić information content (AvgIpc) is 2.68. The van der Waals surface area contributed by atoms with Gasteiger partial charge in [0, 0.05) is 12.1 Å². The maximum absolute atomic E-state index is 11.9. The Hall–Kier alpha value is -1.96. The number of nitrogens with zero attached hydrogens (tertiary/aromatic N) is 1. The lowest BCUT2D eigenvalue weighted by atomic mass is 10.1. The van der Waals surface area contributed by atoms with Gasteiger partial charge in [0.25, 0.3) is 11.6 Å². The molecule has 1 aromatic carbocycles. The van der Waals surface area contributed by atoms with Crippen molar-refractivity contribution in [2.24, 2.45) is 0 Å². The Morgan fingerprint density at radius 3 is 2.63 bits per heavy atom. The average molecular weight is 284 g/mol. The first-order valence-corrected chi connectivity index (χ1v) is 7.46. The Labute approximate surface area is 109 Å². The first kappa shape index (κ1) is 13.5. The van der Waals surface area contributed by atoms with Crippen LogP contribution in [0, 0.1) is 10.1 Å². The van der Waals surface area contributed by atoms with E-state index in [1.165, 1.54) is 24.3 Å². The molecule has 0 spiro atoms. The fraction of sp³-hybridized carbons (Fsp3) is 0.364. The van der Waals surface area contributed by atoms with Crippen LogP contribution in [0.3, 0.4) is 0 Å². The Bertz CT molecular complexity index is 626. The maximum Gasteiger partial charge on any atom is 0.282 e. The van der Waals surface area contributed by atoms with Crippen molar-refractivity contribution in [1.29, 1.82) is 0 Å². The first-order chi connectivity index (χ1) is 8.89. The quantitative estimate of drug-likeness (QED) is 0.643. The molecule has 1 fully saturated rings. The summed E-state index contributed by atoms with van der Waals surface area (Å²) < 4.78 is 22.5. The number of benzene rings is 1. The van der Waals surface area contributed by atoms with Crippen molar-refractivity contribution in [1.82, 2.24) is 5.32 Å². The predicted molar refractivity (Wildman–Crippen MR) is 67.6 cm³/mol. The van der Waals surface area contributed by atoms with E-state index < -0.39 is 26.7 Å². The van der Waals surface area contributed by atoms with Crippen LogP contribution in [-0.2, 0) is 9.84 Å². The summed E-state index contributed by atoms with van der Waals surface area (Å²) >= 11 is 0. The molecule has 0 radical (unpaired) electrons. The van der Waals surface area contributed by atoms with Crippen LogP contribution in [0.4, 0.5) is 5.69 Å². The van der Waals surface area contributed by atoms with Gasteiger partial charge in [0.15, 0.2) is 9.84 Å². The molecule has 1 saturated heterocycles. The second-order valence-electron chi connectivity index (χ2n) is 4.35. The van der Waals surface area contributed by atoms with E-state index in [-0.39, 0.29) is 22.8 Å². The summed E-state index contributed by atoms with van der Waals surface area (Å²) in [5.74, 6) is -0.691. The van der Waals surface area contributed by atoms with Crippen molar-refractivity contribution >= 4 is 21.4 Å². The van der Waals surface area contributed by atoms with Gasteiger partial charge in [0.2, 0.25) is 0 Å². The van der Waals surface area contributed by atoms with E-state index in [1.807, 2.05) is 0 Å². The molecule has 1 unspecified atom stereocenters. The van der Waals surface area contributed by atoms with Gasteiger partial charge in [-0.3, -0.25) is 14.9 Å². The van der Waals surface area contributed by atoms with Gasteiger partial charge in [-0.1, -0.05) is 12.1 Å². The van der Waals surface area contributed by atoms with Crippen molar-refractivity contribution in [3.63, 3.8) is 0 Å². The third kappa shape index (κ3) is 3.08. The van der Waals surface area contributed by atoms with E-state index in [0.29, 0.717) is 6.42 Å². The highest BCUT2D eigenvalue weighted by molar-refractivity contribution is 7.91. The fourth-order valence-electron chi connectivity index (χ4n) is 2.00. The van der Waals surface area contributed by atoms with Crippen molar-refractivity contribution < 1.29 is 18.1 Å². The van der Waals surface area contributed by atoms with Crippen LogP contribution in [0.25, 0.3) is 0 Å². The molecule has 1 N–H and O–H groups in total. The normalized spacial score (nSPS) is 20.9. The number of rotatable bonds is 3. The number of hydrogen-bond donors (Lipinski definition) is 1. The van der Waals surface area contributed by atoms with E-state index in [2.05, 4.69) is 5.32 Å². The highest BCUT2D eigenvalue weighted by Gasteiger charge is 2.30. The van der Waals surface area contributed by atoms with Gasteiger partial charge in [-0.15, -0.1) is 0 Å². The number of sulfone groups is 1. The Morgan fingerprint density at radius 2 is 2.05 bits per heavy atom. The summed E-state index contributed by atoms with van der Waals surface area (Å²) in [6.07, 6.45) is 0.342. The van der Waals surface area contributed by atoms with E-state index in [9.17, 15) is 23.3 Å². The van der Waals surface area contributed by atoms with Crippen molar-refractivity contribution in [2.75, 3.05) is 11.5 Å². The number of carbonyl (C=O) groups is 1. The molecule has 0 aliphatic carbocycles. The van der Waals surface area contributed by atoms with Crippen LogP contribution in [0.5, 0.6) is 0 Å². The molecule has 102 valence electrons. The Kier molecular flexibility index (Phi) is 3.52. The molecular formula is C11H12N2O5S. The van der Waals surface area contributed by atoms with Crippen molar-refractivity contribution in [3.05, 3.63) is 39.9 Å². The lowest BCUT2D eigenvalue weighted by Gasteiger charge is -2.10. The minimum absolute atomic E-state index is 0.0365. The Balaban J connectivity index is 2.15. The largest absolute Gasteiger partial charge is 0.348 e. The fourth-order valence-corrected chi connectivity index (χ4v) is 3.67. The molecule has 1 aliphatic rings. The number of nitro groups is 1. The zero-order valence-electron chi connectivity index (χ0n) is 9.90. The summed E-state index contributed by atoms with van der Waals surface area (Å²) in [6.45, 7) is 0. The van der Waals surface area contributed by atoms with Crippen LogP contribution in [0.1, 0.15) is 16.8 Å². The molecule has 1 atom stereocenters. The minimum Gasteiger partial charge on any atom is -0.348 e. The molecule has 0 saturated carbocycles. The Morgan fingerprint density at radius 1 is 1.37 bits per heavy atom. The third-order valence-electron chi connectivity index (χ3n) is 2.91. The summed E-state index contributed by atoms with van der Waals surface area (Å²) in [4.78, 5) is 22.1. The molecular weight excluding hydrogens is 272 g/mol. The van der Waals surface area contributed by atoms with E-state index in [1.54, 1.807) is 0 Å². The number of nitro benzene ring substituents is 1. The van der Waals surface area contributed by atoms with Crippen LogP contribution >= 0.6 is 0 Å². The van der Waals surface area contributed by atoms with Gasteiger partial charge in [0.1, 0.15) is 5.56 Å². The highest BCUT2D eigenvalue weighted by atomic mass is 32.2. The molecule has 0 aromatic heterocycles. The predicted octanol–water partition coefficient (Wildman–Crippen LogP) is 0.512. The van der Waals surface area contributed by atoms with Gasteiger partial charge >= 0.3 is 0 Å². The van der Waals surface area contributed by atoms with Crippen molar-refractivity contribution in [2.45, 2.75) is 12.5 Å². The summed E-state index contributed by atoms with van der Waals surface area (Å²) in [7, 11) is -3.10. The van der Waals surface area contributed by atoms with Crippen LogP contribution in [0.15, 0.2) is 24.3 Å². The summed E-state index contributed by atoms with van der Waals surface area (Å²) in [5.41, 5.74) is -0.349. The second kappa shape index (κ2) is 4.96. The number of nitrogens with one attached hydrogen (secondary N) is 1. The molecule has 8 heteroatoms. The van der Waals surface area contributed by atoms with Crippen LogP contribution < -0.4 is 5.32 Å². The second-order valence-corrected chi connectivity index (χ2v) is 6.58. The zero-order valence-corrected chi connectivity index (χ0v) is 10.7. The molecule has 2 rings (SSSR count). The standard InChI is InChI=1S/C11H12N2O5S/c14-11(12-8-5-6-19(17,18)7-8)9-3-1-2-4-10(9)13(15)16/h1-4,8H,5-7H2,(H,12,14). The minimum atomic E-state index is -3.10. The van der Waals surface area contributed by atoms with Gasteiger partial charge < -0.3 is 5.32 Å². The lowest BCUT2D eigenvalue weighted by Crippen LogP contribution is -2.35. The maximum atomic E-state index is 11.9. The van der Waals surface area contributed by atoms with Gasteiger partial charge in [0.05, 0.1) is 16.4 Å². The van der Waals surface area contributed by atoms with Crippen molar-refractivity contribution in [3.8, 4) is 0 Å². The summed E-state index contributed by atoms with van der Waals surface area (Å²) in [6, 6.07) is 5.09. The SMILES string of the molecule is O=C(NC1CCS(=O)(=O)C1)c1ccccc1[N+](=O)[O-]. The highest BCUT2D eigenvalue weighted by Crippen LogP contribution is 2.18. The van der Waals surface area contributed by atoms with E-state index in [0.717, 1.165) is 0 Å². The molecule has 19 heavy (non-hydrogen) atoms. The lowest BCUT2D eigenvalue weighted by molar-refractivity contribution is -0.385. The molecule has 0 bridgehead atoms. The number of hydrogen-bond acceptors (Lipinski definition) is 5. The summed E-state index contributed by atoms with van der Waals surface area (Å²) in [5, 5.41) is 13.3. The zero-order chi connectivity index (χ0) is 14.0. The topological polar surface area (TPSA) is 106 Å². The van der Waals surface area contributed by atoms with Crippen LogP contribution in [-0.4, -0.2) is 36.8 Å². The third-order valence-corrected chi connectivity index (χ3v) is 4.68. The van der Waals surface area contributed by atoms with Gasteiger partial charge in [-0.05, 0) is 12.5 Å². The molecule has 1 heterocycles. The first-order valence-electron chi connectivity index (χ1n) is 5.64. The molecule has 1 aliphatic heterocycles.